The highest BCUT2D eigenvalue weighted by molar-refractivity contribution is 5.92. The van der Waals surface area contributed by atoms with E-state index in [1.165, 1.54) is 12.8 Å². The third kappa shape index (κ3) is 2.87. The zero-order chi connectivity index (χ0) is 12.3. The minimum absolute atomic E-state index is 0.149. The van der Waals surface area contributed by atoms with Gasteiger partial charge in [-0.25, -0.2) is 0 Å². The Bertz CT molecular complexity index is 378. The number of aromatic nitrogens is 2. The van der Waals surface area contributed by atoms with E-state index in [2.05, 4.69) is 29.4 Å². The van der Waals surface area contributed by atoms with E-state index in [-0.39, 0.29) is 11.8 Å². The van der Waals surface area contributed by atoms with Gasteiger partial charge in [-0.05, 0) is 38.0 Å². The van der Waals surface area contributed by atoms with Crippen LogP contribution in [0, 0.1) is 11.8 Å². The molecule has 0 aliphatic heterocycles. The van der Waals surface area contributed by atoms with Crippen LogP contribution in [0.4, 0.5) is 5.82 Å². The Hall–Kier alpha value is -1.32. The molecule has 94 valence electrons. The minimum Gasteiger partial charge on any atom is -0.311 e. The number of hydrogen-bond donors (Lipinski definition) is 2. The van der Waals surface area contributed by atoms with Crippen molar-refractivity contribution in [3.63, 3.8) is 0 Å². The van der Waals surface area contributed by atoms with Gasteiger partial charge < -0.3 is 5.32 Å². The van der Waals surface area contributed by atoms with Gasteiger partial charge in [0.05, 0.1) is 6.20 Å². The molecule has 0 saturated heterocycles. The Morgan fingerprint density at radius 3 is 2.82 bits per heavy atom. The van der Waals surface area contributed by atoms with Crippen molar-refractivity contribution in [1.29, 1.82) is 0 Å². The topological polar surface area (TPSA) is 57.8 Å². The summed E-state index contributed by atoms with van der Waals surface area (Å²) in [7, 11) is 0. The van der Waals surface area contributed by atoms with Crippen LogP contribution in [0.3, 0.4) is 0 Å². The molecule has 2 N–H and O–H groups in total. The summed E-state index contributed by atoms with van der Waals surface area (Å²) >= 11 is 0. The Labute approximate surface area is 102 Å². The number of nitrogens with zero attached hydrogens (tertiary/aromatic N) is 1. The molecule has 1 amide bonds. The maximum Gasteiger partial charge on any atom is 0.228 e. The summed E-state index contributed by atoms with van der Waals surface area (Å²) in [5.41, 5.74) is 1.07. The van der Waals surface area contributed by atoms with Crippen LogP contribution in [-0.2, 0) is 11.2 Å². The highest BCUT2D eigenvalue weighted by Gasteiger charge is 2.24. The van der Waals surface area contributed by atoms with Gasteiger partial charge in [-0.1, -0.05) is 13.8 Å². The van der Waals surface area contributed by atoms with Crippen LogP contribution in [0.2, 0.25) is 0 Å². The normalized spacial score (nSPS) is 24.6. The minimum atomic E-state index is 0.149. The predicted octanol–water partition coefficient (Wildman–Crippen LogP) is 2.74. The van der Waals surface area contributed by atoms with Crippen molar-refractivity contribution in [3.8, 4) is 0 Å². The molecular weight excluding hydrogens is 214 g/mol. The van der Waals surface area contributed by atoms with Crippen LogP contribution >= 0.6 is 0 Å². The highest BCUT2D eigenvalue weighted by Crippen LogP contribution is 2.29. The third-order valence-corrected chi connectivity index (χ3v) is 3.73. The van der Waals surface area contributed by atoms with Crippen LogP contribution < -0.4 is 5.32 Å². The van der Waals surface area contributed by atoms with Crippen LogP contribution in [0.1, 0.15) is 45.1 Å². The van der Waals surface area contributed by atoms with E-state index in [4.69, 9.17) is 0 Å². The predicted molar refractivity (Wildman–Crippen MR) is 67.7 cm³/mol. The van der Waals surface area contributed by atoms with E-state index in [0.717, 1.165) is 36.6 Å². The summed E-state index contributed by atoms with van der Waals surface area (Å²) < 4.78 is 0. The lowest BCUT2D eigenvalue weighted by Crippen LogP contribution is -2.27. The average molecular weight is 235 g/mol. The molecule has 1 heterocycles. The molecule has 2 rings (SSSR count). The van der Waals surface area contributed by atoms with Crippen molar-refractivity contribution < 1.29 is 4.79 Å². The number of carbonyl (C=O) groups is 1. The number of nitrogens with one attached hydrogen (secondary N) is 2. The average Bonchev–Trinajstić information content (AvgIpc) is 2.77. The third-order valence-electron chi connectivity index (χ3n) is 3.73. The Balaban J connectivity index is 1.93. The Morgan fingerprint density at radius 2 is 2.18 bits per heavy atom. The number of hydrogen-bond acceptors (Lipinski definition) is 2. The number of rotatable bonds is 3. The molecule has 1 aromatic heterocycles. The first-order valence-electron chi connectivity index (χ1n) is 6.53. The van der Waals surface area contributed by atoms with Gasteiger partial charge in [0.2, 0.25) is 5.91 Å². The van der Waals surface area contributed by atoms with Crippen LogP contribution in [0.25, 0.3) is 0 Å². The second-order valence-electron chi connectivity index (χ2n) is 5.07. The van der Waals surface area contributed by atoms with Crippen LogP contribution in [-0.4, -0.2) is 16.1 Å². The lowest BCUT2D eigenvalue weighted by molar-refractivity contribution is -0.121. The van der Waals surface area contributed by atoms with Crippen molar-refractivity contribution in [2.75, 3.05) is 5.32 Å². The highest BCUT2D eigenvalue weighted by atomic mass is 16.1. The van der Waals surface area contributed by atoms with Gasteiger partial charge in [0.25, 0.3) is 0 Å². The molecule has 1 saturated carbocycles. The zero-order valence-corrected chi connectivity index (χ0v) is 10.6. The maximum absolute atomic E-state index is 12.1. The van der Waals surface area contributed by atoms with Gasteiger partial charge in [-0.15, -0.1) is 0 Å². The van der Waals surface area contributed by atoms with Gasteiger partial charge in [-0.2, -0.15) is 5.10 Å². The second-order valence-corrected chi connectivity index (χ2v) is 5.07. The van der Waals surface area contributed by atoms with E-state index in [9.17, 15) is 4.79 Å². The molecule has 0 aromatic carbocycles. The van der Waals surface area contributed by atoms with Crippen molar-refractivity contribution in [2.24, 2.45) is 11.8 Å². The largest absolute Gasteiger partial charge is 0.311 e. The molecule has 0 atom stereocenters. The van der Waals surface area contributed by atoms with Gasteiger partial charge in [0.1, 0.15) is 5.82 Å². The van der Waals surface area contributed by atoms with Crippen molar-refractivity contribution in [3.05, 3.63) is 11.8 Å². The monoisotopic (exact) mass is 235 g/mol. The number of anilines is 1. The smallest absolute Gasteiger partial charge is 0.228 e. The van der Waals surface area contributed by atoms with Crippen molar-refractivity contribution in [2.45, 2.75) is 46.0 Å². The molecule has 4 heteroatoms. The van der Waals surface area contributed by atoms with Gasteiger partial charge in [0.15, 0.2) is 0 Å². The van der Waals surface area contributed by atoms with E-state index < -0.39 is 0 Å². The van der Waals surface area contributed by atoms with E-state index >= 15 is 0 Å². The summed E-state index contributed by atoms with van der Waals surface area (Å²) in [5.74, 6) is 1.88. The molecular formula is C13H21N3O. The summed E-state index contributed by atoms with van der Waals surface area (Å²) in [5, 5.41) is 9.79. The number of H-pyrrole nitrogens is 1. The summed E-state index contributed by atoms with van der Waals surface area (Å²) in [6.07, 6.45) is 7.03. The van der Waals surface area contributed by atoms with E-state index in [1.54, 1.807) is 6.20 Å². The quantitative estimate of drug-likeness (QED) is 0.846. The molecule has 0 unspecified atom stereocenters. The van der Waals surface area contributed by atoms with E-state index in [0.29, 0.717) is 0 Å². The maximum atomic E-state index is 12.1. The number of aromatic amines is 1. The first kappa shape index (κ1) is 12.1. The molecule has 0 bridgehead atoms. The molecule has 0 spiro atoms. The fourth-order valence-corrected chi connectivity index (χ4v) is 2.43. The molecule has 17 heavy (non-hydrogen) atoms. The zero-order valence-electron chi connectivity index (χ0n) is 10.6. The lowest BCUT2D eigenvalue weighted by atomic mass is 9.82. The first-order valence-corrected chi connectivity index (χ1v) is 6.53. The molecule has 4 nitrogen and oxygen atoms in total. The first-order chi connectivity index (χ1) is 8.20. The number of aryl methyl sites for hydroxylation is 1. The number of carbonyl (C=O) groups excluding carboxylic acids is 1. The van der Waals surface area contributed by atoms with Crippen LogP contribution in [0.15, 0.2) is 6.20 Å². The summed E-state index contributed by atoms with van der Waals surface area (Å²) in [4.78, 5) is 12.1. The number of amides is 1. The van der Waals surface area contributed by atoms with Crippen molar-refractivity contribution in [1.82, 2.24) is 10.2 Å². The van der Waals surface area contributed by atoms with Gasteiger partial charge in [-0.3, -0.25) is 9.89 Å². The van der Waals surface area contributed by atoms with E-state index in [1.807, 2.05) is 0 Å². The second kappa shape index (κ2) is 5.34. The molecule has 1 aromatic rings. The Kier molecular flexibility index (Phi) is 3.82. The fraction of sp³-hybridized carbons (Fsp3) is 0.692. The SMILES string of the molecule is CCc1cn[nH]c1NC(=O)C1CCC(C)CC1. The Morgan fingerprint density at radius 1 is 1.47 bits per heavy atom. The lowest BCUT2D eigenvalue weighted by Gasteiger charge is -2.25. The molecule has 1 fully saturated rings. The van der Waals surface area contributed by atoms with Crippen molar-refractivity contribution >= 4 is 11.7 Å². The molecule has 0 radical (unpaired) electrons. The van der Waals surface area contributed by atoms with Crippen LogP contribution in [0.5, 0.6) is 0 Å². The summed E-state index contributed by atoms with van der Waals surface area (Å²) in [6.45, 7) is 4.32. The molecule has 1 aliphatic rings. The molecule has 1 aliphatic carbocycles. The summed E-state index contributed by atoms with van der Waals surface area (Å²) in [6, 6.07) is 0. The van der Waals surface area contributed by atoms with Gasteiger partial charge >= 0.3 is 0 Å². The van der Waals surface area contributed by atoms with Gasteiger partial charge in [0, 0.05) is 11.5 Å². The fourth-order valence-electron chi connectivity index (χ4n) is 2.43. The standard InChI is InChI=1S/C13H21N3O/c1-3-10-8-14-16-12(10)15-13(17)11-6-4-9(2)5-7-11/h8-9,11H,3-7H2,1-2H3,(H2,14,15,16,17).